The van der Waals surface area contributed by atoms with Crippen molar-refractivity contribution in [1.82, 2.24) is 0 Å². The largest absolute Gasteiger partial charge is 0.303 e. The van der Waals surface area contributed by atoms with Crippen molar-refractivity contribution >= 4 is 46.4 Å². The highest BCUT2D eigenvalue weighted by molar-refractivity contribution is 6.31. The van der Waals surface area contributed by atoms with Crippen LogP contribution in [0.25, 0.3) is 0 Å². The second kappa shape index (κ2) is 9.34. The van der Waals surface area contributed by atoms with Crippen LogP contribution >= 0.6 is 23.2 Å². The predicted octanol–water partition coefficient (Wildman–Crippen LogP) is 7.00. The number of amides is 2. The zero-order valence-electron chi connectivity index (χ0n) is 18.1. The summed E-state index contributed by atoms with van der Waals surface area (Å²) in [5, 5.41) is 1.18. The summed E-state index contributed by atoms with van der Waals surface area (Å²) in [5.41, 5.74) is 3.77. The number of rotatable bonds is 4. The maximum Gasteiger partial charge on any atom is 0.260 e. The molecule has 0 N–H and O–H groups in total. The van der Waals surface area contributed by atoms with Gasteiger partial charge in [-0.15, -0.1) is 0 Å². The summed E-state index contributed by atoms with van der Waals surface area (Å²) in [7, 11) is 0. The number of fused-ring (bicyclic) bond motifs is 2. The number of benzene rings is 4. The van der Waals surface area contributed by atoms with Gasteiger partial charge in [0.2, 0.25) is 0 Å². The number of para-hydroxylation sites is 2. The van der Waals surface area contributed by atoms with Crippen molar-refractivity contribution in [1.29, 1.82) is 0 Å². The van der Waals surface area contributed by atoms with Crippen LogP contribution in [0.1, 0.15) is 31.8 Å². The minimum absolute atomic E-state index is 0.188. The Hall–Kier alpha value is -3.60. The van der Waals surface area contributed by atoms with Crippen LogP contribution in [0.3, 0.4) is 0 Å². The second-order valence-corrected chi connectivity index (χ2v) is 8.95. The molecule has 0 unspecified atom stereocenters. The van der Waals surface area contributed by atoms with Crippen molar-refractivity contribution in [2.75, 3.05) is 9.80 Å². The van der Waals surface area contributed by atoms with Crippen molar-refractivity contribution < 1.29 is 9.59 Å². The summed E-state index contributed by atoms with van der Waals surface area (Å²) in [6.45, 7) is 0.568. The van der Waals surface area contributed by atoms with Gasteiger partial charge in [0.25, 0.3) is 11.8 Å². The Balaban J connectivity index is 1.65. The molecular weight excluding hydrogens is 467 g/mol. The Bertz CT molecular complexity index is 1300. The third kappa shape index (κ3) is 4.30. The van der Waals surface area contributed by atoms with Crippen molar-refractivity contribution in [2.24, 2.45) is 0 Å². The number of hydrogen-bond donors (Lipinski definition) is 0. The van der Waals surface area contributed by atoms with Crippen LogP contribution in [0.5, 0.6) is 0 Å². The van der Waals surface area contributed by atoms with Crippen LogP contribution in [0, 0.1) is 0 Å². The molecule has 0 aliphatic carbocycles. The molecule has 1 aliphatic rings. The number of hydrogen-bond acceptors (Lipinski definition) is 2. The van der Waals surface area contributed by atoms with Gasteiger partial charge in [0.05, 0.1) is 35.6 Å². The number of nitrogens with zero attached hydrogens (tertiary/aromatic N) is 2. The minimum atomic E-state index is -0.188. The van der Waals surface area contributed by atoms with Crippen molar-refractivity contribution in [3.63, 3.8) is 0 Å². The minimum Gasteiger partial charge on any atom is -0.303 e. The summed E-state index contributed by atoms with van der Waals surface area (Å²) in [6.07, 6.45) is 0. The second-order valence-electron chi connectivity index (χ2n) is 8.08. The first-order valence-electron chi connectivity index (χ1n) is 10.8. The number of carbonyl (C=O) groups is 2. The standard InChI is InChI=1S/C28H20Cl2N2O2/c29-21-9-5-7-19(15-21)17-31-25-13-3-1-11-23(25)27(33)32(18-20-8-6-10-22(30)16-20)26-14-4-2-12-24(26)28(31)34/h1-16H,17-18H2. The Morgan fingerprint density at radius 2 is 0.941 bits per heavy atom. The van der Waals surface area contributed by atoms with Gasteiger partial charge in [0, 0.05) is 10.0 Å². The van der Waals surface area contributed by atoms with Gasteiger partial charge in [-0.3, -0.25) is 9.59 Å². The van der Waals surface area contributed by atoms with Gasteiger partial charge < -0.3 is 9.80 Å². The van der Waals surface area contributed by atoms with Gasteiger partial charge in [-0.1, -0.05) is 71.7 Å². The van der Waals surface area contributed by atoms with E-state index < -0.39 is 0 Å². The van der Waals surface area contributed by atoms with Crippen LogP contribution in [-0.4, -0.2) is 11.8 Å². The van der Waals surface area contributed by atoms with E-state index in [1.54, 1.807) is 46.2 Å². The molecule has 168 valence electrons. The molecule has 0 spiro atoms. The van der Waals surface area contributed by atoms with Crippen LogP contribution in [0.15, 0.2) is 97.1 Å². The number of halogens is 2. The Morgan fingerprint density at radius 3 is 1.35 bits per heavy atom. The molecule has 0 radical (unpaired) electrons. The maximum absolute atomic E-state index is 13.9. The third-order valence-corrected chi connectivity index (χ3v) is 6.27. The highest BCUT2D eigenvalue weighted by Crippen LogP contribution is 2.34. The van der Waals surface area contributed by atoms with Crippen molar-refractivity contribution in [3.05, 3.63) is 129 Å². The average molecular weight is 487 g/mol. The molecule has 1 aliphatic heterocycles. The normalized spacial score (nSPS) is 13.2. The van der Waals surface area contributed by atoms with Gasteiger partial charge in [-0.2, -0.15) is 0 Å². The SMILES string of the molecule is O=C1c2ccccc2N(Cc2cccc(Cl)c2)C(=O)c2ccccc2N1Cc1cccc(Cl)c1. The molecular formula is C28H20Cl2N2O2. The van der Waals surface area contributed by atoms with E-state index in [0.29, 0.717) is 32.5 Å². The lowest BCUT2D eigenvalue weighted by Gasteiger charge is -2.33. The summed E-state index contributed by atoms with van der Waals surface area (Å²) < 4.78 is 0. The van der Waals surface area contributed by atoms with Crippen LogP contribution in [0.4, 0.5) is 11.4 Å². The van der Waals surface area contributed by atoms with Gasteiger partial charge in [0.1, 0.15) is 0 Å². The first-order valence-corrected chi connectivity index (χ1v) is 11.6. The summed E-state index contributed by atoms with van der Waals surface area (Å²) in [4.78, 5) is 31.2. The van der Waals surface area contributed by atoms with E-state index in [2.05, 4.69) is 0 Å². The fourth-order valence-corrected chi connectivity index (χ4v) is 4.66. The molecule has 0 saturated carbocycles. The molecule has 0 saturated heterocycles. The van der Waals surface area contributed by atoms with E-state index in [1.165, 1.54) is 0 Å². The molecule has 0 bridgehead atoms. The quantitative estimate of drug-likeness (QED) is 0.311. The molecule has 1 heterocycles. The lowest BCUT2D eigenvalue weighted by molar-refractivity contribution is 0.0972. The molecule has 0 fully saturated rings. The molecule has 6 heteroatoms. The molecule has 0 aromatic heterocycles. The molecule has 2 amide bonds. The monoisotopic (exact) mass is 486 g/mol. The van der Waals surface area contributed by atoms with Crippen molar-refractivity contribution in [2.45, 2.75) is 13.1 Å². The topological polar surface area (TPSA) is 40.6 Å². The van der Waals surface area contributed by atoms with Crippen LogP contribution < -0.4 is 9.80 Å². The molecule has 0 atom stereocenters. The van der Waals surface area contributed by atoms with Crippen LogP contribution in [0.2, 0.25) is 10.0 Å². The summed E-state index contributed by atoms with van der Waals surface area (Å²) in [6, 6.07) is 29.2. The maximum atomic E-state index is 13.9. The van der Waals surface area contributed by atoms with Gasteiger partial charge in [0.15, 0.2) is 0 Å². The Labute approximate surface area is 208 Å². The summed E-state index contributed by atoms with van der Waals surface area (Å²) >= 11 is 12.4. The zero-order chi connectivity index (χ0) is 23.7. The fourth-order valence-electron chi connectivity index (χ4n) is 4.24. The van der Waals surface area contributed by atoms with E-state index >= 15 is 0 Å². The van der Waals surface area contributed by atoms with Gasteiger partial charge in [-0.25, -0.2) is 0 Å². The number of carbonyl (C=O) groups excluding carboxylic acids is 2. The lowest BCUT2D eigenvalue weighted by atomic mass is 10.0. The van der Waals surface area contributed by atoms with Gasteiger partial charge >= 0.3 is 0 Å². The predicted molar refractivity (Wildman–Crippen MR) is 137 cm³/mol. The molecule has 34 heavy (non-hydrogen) atoms. The lowest BCUT2D eigenvalue weighted by Crippen LogP contribution is -2.40. The highest BCUT2D eigenvalue weighted by Gasteiger charge is 2.32. The third-order valence-electron chi connectivity index (χ3n) is 5.80. The Morgan fingerprint density at radius 1 is 0.529 bits per heavy atom. The van der Waals surface area contributed by atoms with E-state index in [9.17, 15) is 9.59 Å². The average Bonchev–Trinajstić information content (AvgIpc) is 2.85. The first-order chi connectivity index (χ1) is 16.5. The first kappa shape index (κ1) is 22.2. The molecule has 4 aromatic rings. The summed E-state index contributed by atoms with van der Waals surface area (Å²) in [5.74, 6) is -0.377. The molecule has 4 nitrogen and oxygen atoms in total. The van der Waals surface area contributed by atoms with E-state index in [-0.39, 0.29) is 24.9 Å². The molecule has 5 rings (SSSR count). The van der Waals surface area contributed by atoms with Gasteiger partial charge in [-0.05, 0) is 59.7 Å². The highest BCUT2D eigenvalue weighted by atomic mass is 35.5. The fraction of sp³-hybridized carbons (Fsp3) is 0.0714. The van der Waals surface area contributed by atoms with E-state index in [4.69, 9.17) is 23.2 Å². The van der Waals surface area contributed by atoms with E-state index in [0.717, 1.165) is 11.1 Å². The zero-order valence-corrected chi connectivity index (χ0v) is 19.6. The smallest absolute Gasteiger partial charge is 0.260 e. The number of anilines is 2. The van der Waals surface area contributed by atoms with Crippen molar-refractivity contribution in [3.8, 4) is 0 Å². The van der Waals surface area contributed by atoms with E-state index in [1.807, 2.05) is 60.7 Å². The molecule has 4 aromatic carbocycles. The van der Waals surface area contributed by atoms with Crippen LogP contribution in [-0.2, 0) is 13.1 Å². The Kier molecular flexibility index (Phi) is 6.10.